The first-order valence-electron chi connectivity index (χ1n) is 11.2. The second kappa shape index (κ2) is 8.50. The maximum atomic E-state index is 13.0. The lowest BCUT2D eigenvalue weighted by Crippen LogP contribution is -2.44. The average molecular weight is 463 g/mol. The molecule has 10 nitrogen and oxygen atoms in total. The van der Waals surface area contributed by atoms with E-state index in [0.29, 0.717) is 59.2 Å². The van der Waals surface area contributed by atoms with Gasteiger partial charge in [-0.25, -0.2) is 0 Å². The van der Waals surface area contributed by atoms with Gasteiger partial charge in [0, 0.05) is 24.8 Å². The van der Waals surface area contributed by atoms with Crippen LogP contribution in [-0.2, 0) is 4.74 Å². The number of rotatable bonds is 6. The predicted octanol–water partition coefficient (Wildman–Crippen LogP) is 3.37. The summed E-state index contributed by atoms with van der Waals surface area (Å²) in [5.74, 6) is 1.06. The van der Waals surface area contributed by atoms with Gasteiger partial charge < -0.3 is 29.4 Å². The Morgan fingerprint density at radius 1 is 1.38 bits per heavy atom. The molecule has 1 saturated heterocycles. The third kappa shape index (κ3) is 4.22. The van der Waals surface area contributed by atoms with Crippen molar-refractivity contribution >= 4 is 28.6 Å². The molecule has 0 spiro atoms. The number of aromatic amines is 1. The van der Waals surface area contributed by atoms with Crippen LogP contribution in [0.1, 0.15) is 42.6 Å². The van der Waals surface area contributed by atoms with Gasteiger partial charge in [0.15, 0.2) is 0 Å². The number of aromatic nitrogens is 3. The Morgan fingerprint density at radius 2 is 2.21 bits per heavy atom. The number of methoxy groups -OCH3 is 1. The van der Waals surface area contributed by atoms with Crippen LogP contribution in [0.4, 0.5) is 11.6 Å². The van der Waals surface area contributed by atoms with E-state index < -0.39 is 0 Å². The highest BCUT2D eigenvalue weighted by Gasteiger charge is 2.41. The molecule has 5 rings (SSSR count). The summed E-state index contributed by atoms with van der Waals surface area (Å²) in [6.07, 6.45) is 3.47. The molecule has 2 aromatic heterocycles. The van der Waals surface area contributed by atoms with Crippen molar-refractivity contribution in [2.75, 3.05) is 32.1 Å². The maximum Gasteiger partial charge on any atom is 0.254 e. The molecule has 10 heteroatoms. The number of H-pyrrole nitrogens is 1. The summed E-state index contributed by atoms with van der Waals surface area (Å²) in [4.78, 5) is 26.8. The Morgan fingerprint density at radius 3 is 2.91 bits per heavy atom. The molecule has 0 unspecified atom stereocenters. The minimum absolute atomic E-state index is 0.0106. The third-order valence-corrected chi connectivity index (χ3v) is 6.14. The number of nitrogens with zero attached hydrogens (tertiary/aromatic N) is 4. The van der Waals surface area contributed by atoms with Crippen molar-refractivity contribution in [3.8, 4) is 17.7 Å². The predicted molar refractivity (Wildman–Crippen MR) is 124 cm³/mol. The lowest BCUT2D eigenvalue weighted by atomic mass is 10.1. The van der Waals surface area contributed by atoms with Crippen molar-refractivity contribution in [3.05, 3.63) is 35.5 Å². The van der Waals surface area contributed by atoms with Gasteiger partial charge in [-0.2, -0.15) is 15.2 Å². The number of benzene rings is 1. The Bertz CT molecular complexity index is 1290. The fourth-order valence-corrected chi connectivity index (χ4v) is 3.96. The smallest absolute Gasteiger partial charge is 0.254 e. The molecule has 2 aliphatic rings. The van der Waals surface area contributed by atoms with Gasteiger partial charge in [0.05, 0.1) is 36.5 Å². The molecule has 3 aromatic rings. The molecule has 1 atom stereocenters. The number of amides is 1. The molecule has 1 aliphatic carbocycles. The molecule has 1 aromatic carbocycles. The molecule has 1 aliphatic heterocycles. The number of hydrogen-bond acceptors (Lipinski definition) is 8. The second-order valence-electron chi connectivity index (χ2n) is 8.91. The first-order valence-corrected chi connectivity index (χ1v) is 11.2. The SMILES string of the molecule is COc1cc(C(=O)N2CCO[C@@H](C)C2)ccc1Nc1nc(OC2(C)CC2)c2c(C#N)c[nH]c2n1. The molecule has 34 heavy (non-hydrogen) atoms. The number of anilines is 2. The summed E-state index contributed by atoms with van der Waals surface area (Å²) in [7, 11) is 1.54. The molecule has 3 heterocycles. The number of nitrogens with one attached hydrogen (secondary N) is 2. The Kier molecular flexibility index (Phi) is 5.49. The molecule has 176 valence electrons. The van der Waals surface area contributed by atoms with Gasteiger partial charge in [-0.3, -0.25) is 4.79 Å². The Hall–Kier alpha value is -3.84. The van der Waals surface area contributed by atoms with Crippen LogP contribution in [0.15, 0.2) is 24.4 Å². The summed E-state index contributed by atoms with van der Waals surface area (Å²) in [5.41, 5.74) is 1.78. The number of carbonyl (C=O) groups is 1. The van der Waals surface area contributed by atoms with Gasteiger partial charge in [0.1, 0.15) is 23.1 Å². The van der Waals surface area contributed by atoms with Crippen LogP contribution in [0.2, 0.25) is 0 Å². The zero-order chi connectivity index (χ0) is 23.9. The number of nitriles is 1. The molecule has 2 fully saturated rings. The number of carbonyl (C=O) groups excluding carboxylic acids is 1. The molecule has 0 radical (unpaired) electrons. The summed E-state index contributed by atoms with van der Waals surface area (Å²) >= 11 is 0. The van der Waals surface area contributed by atoms with E-state index in [-0.39, 0.29) is 23.6 Å². The van der Waals surface area contributed by atoms with Gasteiger partial charge in [-0.15, -0.1) is 0 Å². The van der Waals surface area contributed by atoms with Gasteiger partial charge in [0.2, 0.25) is 11.8 Å². The standard InChI is InChI=1S/C24H26N6O4/c1-14-13-30(8-9-33-14)22(31)15-4-5-17(18(10-15)32-3)27-23-28-20-19(16(11-25)12-26-20)21(29-23)34-24(2)6-7-24/h4-5,10,12,14H,6-9,13H2,1-3H3,(H2,26,27,28,29)/t14-/m0/s1. The van der Waals surface area contributed by atoms with Gasteiger partial charge in [-0.1, -0.05) is 0 Å². The summed E-state index contributed by atoms with van der Waals surface area (Å²) in [5, 5.41) is 13.2. The largest absolute Gasteiger partial charge is 0.495 e. The fraction of sp³-hybridized carbons (Fsp3) is 0.417. The van der Waals surface area contributed by atoms with E-state index in [2.05, 4.69) is 26.3 Å². The van der Waals surface area contributed by atoms with Crippen molar-refractivity contribution in [2.45, 2.75) is 38.4 Å². The quantitative estimate of drug-likeness (QED) is 0.571. The maximum absolute atomic E-state index is 13.0. The zero-order valence-electron chi connectivity index (χ0n) is 19.3. The summed E-state index contributed by atoms with van der Waals surface area (Å²) < 4.78 is 17.2. The number of morpholine rings is 1. The molecule has 0 bridgehead atoms. The lowest BCUT2D eigenvalue weighted by Gasteiger charge is -2.31. The minimum atomic E-state index is -0.279. The number of fused-ring (bicyclic) bond motifs is 1. The van der Waals surface area contributed by atoms with Gasteiger partial charge in [0.25, 0.3) is 5.91 Å². The average Bonchev–Trinajstić information content (AvgIpc) is 3.40. The van der Waals surface area contributed by atoms with Crippen molar-refractivity contribution in [1.29, 1.82) is 5.26 Å². The van der Waals surface area contributed by atoms with Gasteiger partial charge in [-0.05, 0) is 44.9 Å². The van der Waals surface area contributed by atoms with Crippen LogP contribution >= 0.6 is 0 Å². The van der Waals surface area contributed by atoms with Crippen LogP contribution in [-0.4, -0.2) is 64.3 Å². The highest BCUT2D eigenvalue weighted by atomic mass is 16.5. The van der Waals surface area contributed by atoms with Crippen LogP contribution < -0.4 is 14.8 Å². The van der Waals surface area contributed by atoms with Crippen molar-refractivity contribution in [1.82, 2.24) is 19.9 Å². The van der Waals surface area contributed by atoms with Crippen LogP contribution in [0.3, 0.4) is 0 Å². The van der Waals surface area contributed by atoms with Crippen LogP contribution in [0.5, 0.6) is 11.6 Å². The second-order valence-corrected chi connectivity index (χ2v) is 8.91. The summed E-state index contributed by atoms with van der Waals surface area (Å²) in [6, 6.07) is 7.37. The topological polar surface area (TPSA) is 125 Å². The number of hydrogen-bond donors (Lipinski definition) is 2. The highest BCUT2D eigenvalue weighted by Crippen LogP contribution is 2.41. The minimum Gasteiger partial charge on any atom is -0.495 e. The lowest BCUT2D eigenvalue weighted by molar-refractivity contribution is -0.0124. The van der Waals surface area contributed by atoms with Crippen molar-refractivity contribution in [2.24, 2.45) is 0 Å². The van der Waals surface area contributed by atoms with Crippen LogP contribution in [0.25, 0.3) is 11.0 Å². The molecular formula is C24H26N6O4. The monoisotopic (exact) mass is 462 g/mol. The Labute approximate surface area is 196 Å². The van der Waals surface area contributed by atoms with Gasteiger partial charge >= 0.3 is 0 Å². The van der Waals surface area contributed by atoms with Crippen molar-refractivity contribution < 1.29 is 19.0 Å². The molecule has 1 amide bonds. The van der Waals surface area contributed by atoms with E-state index in [1.807, 2.05) is 13.8 Å². The Balaban J connectivity index is 1.44. The van der Waals surface area contributed by atoms with E-state index in [1.165, 1.54) is 0 Å². The van der Waals surface area contributed by atoms with E-state index >= 15 is 0 Å². The molecule has 2 N–H and O–H groups in total. The third-order valence-electron chi connectivity index (χ3n) is 6.14. The van der Waals surface area contributed by atoms with E-state index in [4.69, 9.17) is 14.2 Å². The summed E-state index contributed by atoms with van der Waals surface area (Å²) in [6.45, 7) is 5.61. The molecular weight excluding hydrogens is 436 g/mol. The first kappa shape index (κ1) is 22.0. The highest BCUT2D eigenvalue weighted by molar-refractivity contribution is 5.95. The zero-order valence-corrected chi connectivity index (χ0v) is 19.3. The van der Waals surface area contributed by atoms with E-state index in [1.54, 1.807) is 36.4 Å². The fourth-order valence-electron chi connectivity index (χ4n) is 3.96. The van der Waals surface area contributed by atoms with Crippen LogP contribution in [0, 0.1) is 11.3 Å². The number of ether oxygens (including phenoxy) is 3. The normalized spacial score (nSPS) is 18.9. The first-order chi connectivity index (χ1) is 16.4. The molecule has 1 saturated carbocycles. The van der Waals surface area contributed by atoms with Crippen molar-refractivity contribution in [3.63, 3.8) is 0 Å². The van der Waals surface area contributed by atoms with E-state index in [9.17, 15) is 10.1 Å². The van der Waals surface area contributed by atoms with E-state index in [0.717, 1.165) is 12.8 Å².